The first-order valence-electron chi connectivity index (χ1n) is 17.3. The number of likely N-dealkylation sites (tertiary alicyclic amines) is 1. The minimum Gasteiger partial charge on any atom is -0.392 e. The molecule has 53 heavy (non-hydrogen) atoms. The second-order valence-corrected chi connectivity index (χ2v) is 13.5. The third-order valence-electron chi connectivity index (χ3n) is 10.3. The number of benzene rings is 4. The molecule has 0 radical (unpaired) electrons. The number of hydrogen-bond acceptors (Lipinski definition) is 7. The normalized spacial score (nSPS) is 21.5. The molecule has 3 fully saturated rings. The first-order chi connectivity index (χ1) is 25.6. The molecule has 14 heteroatoms. The van der Waals surface area contributed by atoms with Crippen LogP contribution in [0.1, 0.15) is 64.3 Å². The zero-order chi connectivity index (χ0) is 37.3. The van der Waals surface area contributed by atoms with Gasteiger partial charge in [0, 0.05) is 43.9 Å². The maximum atomic E-state index is 14.1. The molecule has 0 unspecified atom stereocenters. The molecule has 3 saturated heterocycles. The molecule has 1 spiro atoms. The summed E-state index contributed by atoms with van der Waals surface area (Å²) >= 11 is 0. The number of piperidine rings is 1. The minimum absolute atomic E-state index is 0.0374. The maximum Gasteiger partial charge on any atom is 0.257 e. The van der Waals surface area contributed by atoms with Gasteiger partial charge in [0.1, 0.15) is 11.1 Å². The van der Waals surface area contributed by atoms with E-state index in [1.165, 1.54) is 0 Å². The topological polar surface area (TPSA) is 103 Å². The monoisotopic (exact) mass is 736 g/mol. The summed E-state index contributed by atoms with van der Waals surface area (Å²) in [6.45, 7) is 2.07. The molecule has 4 aromatic carbocycles. The third kappa shape index (κ3) is 7.23. The fraction of sp³-hybridized carbons (Fsp3) is 0.333. The van der Waals surface area contributed by atoms with Crippen LogP contribution in [-0.4, -0.2) is 59.8 Å². The minimum atomic E-state index is -2.34. The van der Waals surface area contributed by atoms with Crippen molar-refractivity contribution in [3.63, 3.8) is 0 Å². The van der Waals surface area contributed by atoms with Gasteiger partial charge >= 0.3 is 0 Å². The zero-order valence-corrected chi connectivity index (χ0v) is 28.5. The van der Waals surface area contributed by atoms with Crippen LogP contribution in [0.2, 0.25) is 0 Å². The van der Waals surface area contributed by atoms with Crippen molar-refractivity contribution in [1.82, 2.24) is 15.5 Å². The Hall–Kier alpha value is -4.89. The van der Waals surface area contributed by atoms with Crippen LogP contribution in [0, 0.1) is 29.1 Å². The second-order valence-electron chi connectivity index (χ2n) is 13.5. The van der Waals surface area contributed by atoms with Crippen molar-refractivity contribution in [2.45, 2.75) is 56.5 Å². The Labute approximate surface area is 302 Å². The van der Waals surface area contributed by atoms with Gasteiger partial charge in [-0.25, -0.2) is 22.0 Å². The van der Waals surface area contributed by atoms with Gasteiger partial charge in [-0.05, 0) is 41.7 Å². The first kappa shape index (κ1) is 36.5. The highest BCUT2D eigenvalue weighted by Gasteiger charge is 2.50. The molecule has 0 aromatic heterocycles. The number of nitrogens with one attached hydrogen (secondary N) is 2. The molecule has 9 nitrogen and oxygen atoms in total. The summed E-state index contributed by atoms with van der Waals surface area (Å²) in [4.78, 5) is 30.1. The Morgan fingerprint density at radius 1 is 0.811 bits per heavy atom. The summed E-state index contributed by atoms with van der Waals surface area (Å²) in [6, 6.07) is 24.1. The van der Waals surface area contributed by atoms with Crippen LogP contribution in [0.15, 0.2) is 78.9 Å². The standard InChI is InChI=1S/C39H37F5N4O5/c40-31-30(32(41)34(43)35(44)33(31)42)36(50)45-19-23-6-12-26(13-7-23)37-52-28(18-29(53-37)25-10-8-24(21-49)9-11-25)20-47-16-14-39(15-17-47)38(51)46-22-48(39)27-4-2-1-3-5-27/h1-13,28-29,37,49H,14-22H2,(H,45,50)(H,46,51)/t28-,29+,37+/m0/s1. The number of para-hydroxylation sites is 1. The van der Waals surface area contributed by atoms with Gasteiger partial charge in [-0.3, -0.25) is 9.59 Å². The SMILES string of the molecule is O=C(NCc1ccc([C@@H]2O[C@H](CN3CCC4(CC3)C(=O)NCN4c3ccccc3)C[C@H](c3ccc(CO)cc3)O2)cc1)c1c(F)c(F)c(F)c(F)c1F. The van der Waals surface area contributed by atoms with Crippen molar-refractivity contribution in [2.75, 3.05) is 31.2 Å². The number of aliphatic hydroxyl groups excluding tert-OH is 1. The zero-order valence-electron chi connectivity index (χ0n) is 28.5. The van der Waals surface area contributed by atoms with Crippen LogP contribution in [0.5, 0.6) is 0 Å². The van der Waals surface area contributed by atoms with Gasteiger partial charge in [0.15, 0.2) is 29.6 Å². The maximum absolute atomic E-state index is 14.1. The van der Waals surface area contributed by atoms with Gasteiger partial charge < -0.3 is 35.0 Å². The van der Waals surface area contributed by atoms with E-state index < -0.39 is 52.4 Å². The Morgan fingerprint density at radius 2 is 1.42 bits per heavy atom. The number of carbonyl (C=O) groups excluding carboxylic acids is 2. The summed E-state index contributed by atoms with van der Waals surface area (Å²) < 4.78 is 81.9. The first-order valence-corrected chi connectivity index (χ1v) is 17.3. The van der Waals surface area contributed by atoms with E-state index in [1.807, 2.05) is 54.6 Å². The average Bonchev–Trinajstić information content (AvgIpc) is 3.51. The van der Waals surface area contributed by atoms with Gasteiger partial charge in [0.2, 0.25) is 11.7 Å². The number of nitrogens with zero attached hydrogens (tertiary/aromatic N) is 2. The van der Waals surface area contributed by atoms with Gasteiger partial charge in [-0.2, -0.15) is 0 Å². The van der Waals surface area contributed by atoms with E-state index in [1.54, 1.807) is 24.3 Å². The van der Waals surface area contributed by atoms with Crippen molar-refractivity contribution < 1.29 is 46.1 Å². The number of carbonyl (C=O) groups is 2. The van der Waals surface area contributed by atoms with Crippen molar-refractivity contribution in [1.29, 1.82) is 0 Å². The van der Waals surface area contributed by atoms with Gasteiger partial charge in [-0.15, -0.1) is 0 Å². The summed E-state index contributed by atoms with van der Waals surface area (Å²) in [5.74, 6) is -12.6. The highest BCUT2D eigenvalue weighted by molar-refractivity contribution is 5.95. The molecule has 3 aliphatic rings. The van der Waals surface area contributed by atoms with Gasteiger partial charge in [0.05, 0.1) is 25.5 Å². The summed E-state index contributed by atoms with van der Waals surface area (Å²) in [5.41, 5.74) is 1.63. The molecule has 7 rings (SSSR count). The van der Waals surface area contributed by atoms with Crippen molar-refractivity contribution in [2.24, 2.45) is 0 Å². The molecule has 4 aromatic rings. The number of ether oxygens (including phenoxy) is 2. The van der Waals surface area contributed by atoms with Crippen LogP contribution in [-0.2, 0) is 27.4 Å². The number of hydrogen-bond donors (Lipinski definition) is 3. The molecule has 3 heterocycles. The predicted octanol–water partition coefficient (Wildman–Crippen LogP) is 5.78. The van der Waals surface area contributed by atoms with E-state index in [2.05, 4.69) is 20.4 Å². The van der Waals surface area contributed by atoms with E-state index in [9.17, 15) is 36.6 Å². The quantitative estimate of drug-likeness (QED) is 0.114. The van der Waals surface area contributed by atoms with E-state index >= 15 is 0 Å². The predicted molar refractivity (Wildman–Crippen MR) is 183 cm³/mol. The van der Waals surface area contributed by atoms with Gasteiger partial charge in [0.25, 0.3) is 5.91 Å². The fourth-order valence-electron chi connectivity index (χ4n) is 7.33. The average molecular weight is 737 g/mol. The van der Waals surface area contributed by atoms with Crippen LogP contribution < -0.4 is 15.5 Å². The molecule has 2 amide bonds. The van der Waals surface area contributed by atoms with Crippen molar-refractivity contribution >= 4 is 17.5 Å². The number of halogens is 5. The largest absolute Gasteiger partial charge is 0.392 e. The second kappa shape index (κ2) is 15.2. The Morgan fingerprint density at radius 3 is 2.06 bits per heavy atom. The Kier molecular flexibility index (Phi) is 10.5. The van der Waals surface area contributed by atoms with E-state index in [0.29, 0.717) is 56.7 Å². The van der Waals surface area contributed by atoms with Crippen molar-refractivity contribution in [3.05, 3.63) is 136 Å². The smallest absolute Gasteiger partial charge is 0.257 e. The fourth-order valence-corrected chi connectivity index (χ4v) is 7.33. The lowest BCUT2D eigenvalue weighted by atomic mass is 9.85. The number of rotatable bonds is 9. The summed E-state index contributed by atoms with van der Waals surface area (Å²) in [5, 5.41) is 14.8. The highest BCUT2D eigenvalue weighted by atomic mass is 19.2. The molecule has 3 aliphatic heterocycles. The van der Waals surface area contributed by atoms with Crippen LogP contribution in [0.4, 0.5) is 27.6 Å². The molecule has 3 N–H and O–H groups in total. The molecule has 3 atom stereocenters. The summed E-state index contributed by atoms with van der Waals surface area (Å²) in [6.07, 6.45) is 0.447. The molecule has 0 aliphatic carbocycles. The van der Waals surface area contributed by atoms with Gasteiger partial charge in [-0.1, -0.05) is 66.7 Å². The Balaban J connectivity index is 1.03. The molecule has 278 valence electrons. The van der Waals surface area contributed by atoms with E-state index in [-0.39, 0.29) is 31.3 Å². The van der Waals surface area contributed by atoms with E-state index in [4.69, 9.17) is 9.47 Å². The number of aliphatic hydroxyl groups is 1. The lowest BCUT2D eigenvalue weighted by Crippen LogP contribution is -2.57. The lowest BCUT2D eigenvalue weighted by Gasteiger charge is -2.45. The molecule has 0 saturated carbocycles. The lowest BCUT2D eigenvalue weighted by molar-refractivity contribution is -0.253. The number of anilines is 1. The van der Waals surface area contributed by atoms with Crippen LogP contribution in [0.3, 0.4) is 0 Å². The molecule has 0 bridgehead atoms. The van der Waals surface area contributed by atoms with E-state index in [0.717, 1.165) is 16.8 Å². The van der Waals surface area contributed by atoms with Crippen LogP contribution in [0.25, 0.3) is 0 Å². The highest BCUT2D eigenvalue weighted by Crippen LogP contribution is 2.40. The van der Waals surface area contributed by atoms with Crippen LogP contribution >= 0.6 is 0 Å². The Bertz CT molecular complexity index is 1930. The third-order valence-corrected chi connectivity index (χ3v) is 10.3. The molecular formula is C39H37F5N4O5. The summed E-state index contributed by atoms with van der Waals surface area (Å²) in [7, 11) is 0. The van der Waals surface area contributed by atoms with Crippen molar-refractivity contribution in [3.8, 4) is 0 Å². The molecular weight excluding hydrogens is 699 g/mol. The number of amides is 2.